The van der Waals surface area contributed by atoms with Crippen LogP contribution in [-0.2, 0) is 4.74 Å². The highest BCUT2D eigenvalue weighted by Gasteiger charge is 2.33. The molecule has 0 aromatic carbocycles. The van der Waals surface area contributed by atoms with Crippen molar-refractivity contribution in [2.24, 2.45) is 0 Å². The van der Waals surface area contributed by atoms with Crippen molar-refractivity contribution in [1.82, 2.24) is 4.90 Å². The Balaban J connectivity index is 2.75. The summed E-state index contributed by atoms with van der Waals surface area (Å²) in [6.07, 6.45) is 8.12. The summed E-state index contributed by atoms with van der Waals surface area (Å²) in [7, 11) is 0. The third-order valence-electron chi connectivity index (χ3n) is 2.71. The number of piperidine rings is 1. The molecule has 0 saturated carbocycles. The molecule has 1 fully saturated rings. The van der Waals surface area contributed by atoms with Crippen LogP contribution in [0, 0.1) is 12.3 Å². The molecule has 2 atom stereocenters. The summed E-state index contributed by atoms with van der Waals surface area (Å²) < 4.78 is 5.37. The molecule has 1 heterocycles. The van der Waals surface area contributed by atoms with Crippen LogP contribution in [0.1, 0.15) is 47.0 Å². The fraction of sp³-hybridized carbons (Fsp3) is 0.769. The molecule has 1 amide bonds. The van der Waals surface area contributed by atoms with Crippen LogP contribution in [0.25, 0.3) is 0 Å². The SMILES string of the molecule is C#C[C@H]1CCC[C@H](C)N1C(=O)OC(C)(C)C. The predicted molar refractivity (Wildman–Crippen MR) is 64.0 cm³/mol. The van der Waals surface area contributed by atoms with Gasteiger partial charge in [-0.15, -0.1) is 6.42 Å². The average Bonchev–Trinajstić information content (AvgIpc) is 2.14. The van der Waals surface area contributed by atoms with Crippen LogP contribution < -0.4 is 0 Å². The Kier molecular flexibility index (Phi) is 3.85. The number of hydrogen-bond donors (Lipinski definition) is 0. The Morgan fingerprint density at radius 3 is 2.56 bits per heavy atom. The van der Waals surface area contributed by atoms with Gasteiger partial charge in [0.1, 0.15) is 5.60 Å². The second kappa shape index (κ2) is 4.78. The normalized spacial score (nSPS) is 26.1. The second-order valence-electron chi connectivity index (χ2n) is 5.35. The number of hydrogen-bond acceptors (Lipinski definition) is 2. The van der Waals surface area contributed by atoms with E-state index in [-0.39, 0.29) is 18.2 Å². The number of carbonyl (C=O) groups excluding carboxylic acids is 1. The van der Waals surface area contributed by atoms with Crippen molar-refractivity contribution in [3.05, 3.63) is 0 Å². The Hall–Kier alpha value is -1.17. The van der Waals surface area contributed by atoms with Crippen molar-refractivity contribution in [1.29, 1.82) is 0 Å². The summed E-state index contributed by atoms with van der Waals surface area (Å²) in [5.74, 6) is 2.68. The van der Waals surface area contributed by atoms with E-state index in [0.29, 0.717) is 0 Å². The van der Waals surface area contributed by atoms with Crippen molar-refractivity contribution in [3.63, 3.8) is 0 Å². The Labute approximate surface area is 98.1 Å². The molecule has 0 bridgehead atoms. The summed E-state index contributed by atoms with van der Waals surface area (Å²) in [6, 6.07) is 0.0586. The predicted octanol–water partition coefficient (Wildman–Crippen LogP) is 2.80. The highest BCUT2D eigenvalue weighted by molar-refractivity contribution is 5.69. The van der Waals surface area contributed by atoms with E-state index in [9.17, 15) is 4.79 Å². The van der Waals surface area contributed by atoms with Gasteiger partial charge in [0.15, 0.2) is 0 Å². The van der Waals surface area contributed by atoms with Gasteiger partial charge in [0.05, 0.1) is 6.04 Å². The molecule has 1 rings (SSSR count). The van der Waals surface area contributed by atoms with E-state index < -0.39 is 5.60 Å². The molecule has 16 heavy (non-hydrogen) atoms. The molecule has 0 spiro atoms. The minimum absolute atomic E-state index is 0.112. The van der Waals surface area contributed by atoms with Crippen molar-refractivity contribution in [2.75, 3.05) is 0 Å². The van der Waals surface area contributed by atoms with Gasteiger partial charge in [-0.05, 0) is 47.0 Å². The van der Waals surface area contributed by atoms with Crippen LogP contribution in [0.2, 0.25) is 0 Å². The highest BCUT2D eigenvalue weighted by Crippen LogP contribution is 2.24. The quantitative estimate of drug-likeness (QED) is 0.591. The molecule has 0 N–H and O–H groups in total. The standard InChI is InChI=1S/C13H21NO2/c1-6-11-9-7-8-10(2)14(11)12(15)16-13(3,4)5/h1,10-11H,7-9H2,2-5H3/t10-,11-/m0/s1. The van der Waals surface area contributed by atoms with Gasteiger partial charge in [-0.2, -0.15) is 0 Å². The summed E-state index contributed by atoms with van der Waals surface area (Å²) in [5.41, 5.74) is -0.465. The number of terminal acetylenes is 1. The van der Waals surface area contributed by atoms with Gasteiger partial charge in [-0.3, -0.25) is 4.90 Å². The zero-order chi connectivity index (χ0) is 12.3. The van der Waals surface area contributed by atoms with Crippen LogP contribution >= 0.6 is 0 Å². The van der Waals surface area contributed by atoms with E-state index in [1.54, 1.807) is 4.90 Å². The number of carbonyl (C=O) groups is 1. The molecule has 90 valence electrons. The summed E-state index contributed by atoms with van der Waals surface area (Å²) in [4.78, 5) is 13.7. The minimum Gasteiger partial charge on any atom is -0.444 e. The maximum Gasteiger partial charge on any atom is 0.411 e. The van der Waals surface area contributed by atoms with Gasteiger partial charge < -0.3 is 4.74 Å². The van der Waals surface area contributed by atoms with Crippen LogP contribution in [-0.4, -0.2) is 28.7 Å². The monoisotopic (exact) mass is 223 g/mol. The largest absolute Gasteiger partial charge is 0.444 e. The van der Waals surface area contributed by atoms with E-state index in [0.717, 1.165) is 19.3 Å². The van der Waals surface area contributed by atoms with Crippen molar-refractivity contribution < 1.29 is 9.53 Å². The maximum absolute atomic E-state index is 12.0. The maximum atomic E-state index is 12.0. The fourth-order valence-corrected chi connectivity index (χ4v) is 1.98. The number of likely N-dealkylation sites (tertiary alicyclic amines) is 1. The molecule has 0 aliphatic carbocycles. The van der Waals surface area contributed by atoms with Crippen LogP contribution in [0.15, 0.2) is 0 Å². The molecular formula is C13H21NO2. The molecule has 1 aliphatic rings. The third kappa shape index (κ3) is 3.16. The summed E-state index contributed by atoms with van der Waals surface area (Å²) in [5, 5.41) is 0. The van der Waals surface area contributed by atoms with Crippen LogP contribution in [0.3, 0.4) is 0 Å². The third-order valence-corrected chi connectivity index (χ3v) is 2.71. The van der Waals surface area contributed by atoms with Crippen molar-refractivity contribution >= 4 is 6.09 Å². The molecule has 0 radical (unpaired) electrons. The molecule has 0 aromatic rings. The van der Waals surface area contributed by atoms with Gasteiger partial charge in [0.25, 0.3) is 0 Å². The van der Waals surface area contributed by atoms with Gasteiger partial charge in [-0.1, -0.05) is 5.92 Å². The van der Waals surface area contributed by atoms with Gasteiger partial charge in [0.2, 0.25) is 0 Å². The molecule has 3 nitrogen and oxygen atoms in total. The molecule has 0 unspecified atom stereocenters. The first-order valence-electron chi connectivity index (χ1n) is 5.82. The number of rotatable bonds is 0. The lowest BCUT2D eigenvalue weighted by molar-refractivity contribution is 0.00474. The van der Waals surface area contributed by atoms with Gasteiger partial charge in [-0.25, -0.2) is 4.79 Å². The molecule has 1 saturated heterocycles. The molecule has 0 aromatic heterocycles. The first kappa shape index (κ1) is 12.9. The zero-order valence-corrected chi connectivity index (χ0v) is 10.6. The van der Waals surface area contributed by atoms with Gasteiger partial charge >= 0.3 is 6.09 Å². The average molecular weight is 223 g/mol. The number of nitrogens with zero attached hydrogens (tertiary/aromatic N) is 1. The van der Waals surface area contributed by atoms with Crippen LogP contribution in [0.5, 0.6) is 0 Å². The smallest absolute Gasteiger partial charge is 0.411 e. The first-order chi connectivity index (χ1) is 7.35. The van der Waals surface area contributed by atoms with E-state index in [2.05, 4.69) is 5.92 Å². The number of amides is 1. The summed E-state index contributed by atoms with van der Waals surface area (Å²) >= 11 is 0. The second-order valence-corrected chi connectivity index (χ2v) is 5.35. The van der Waals surface area contributed by atoms with E-state index in [1.165, 1.54) is 0 Å². The van der Waals surface area contributed by atoms with Crippen molar-refractivity contribution in [2.45, 2.75) is 64.6 Å². The fourth-order valence-electron chi connectivity index (χ4n) is 1.98. The van der Waals surface area contributed by atoms with Crippen LogP contribution in [0.4, 0.5) is 4.79 Å². The Morgan fingerprint density at radius 1 is 1.44 bits per heavy atom. The lowest BCUT2D eigenvalue weighted by Crippen LogP contribution is -2.50. The molecule has 3 heteroatoms. The summed E-state index contributed by atoms with van der Waals surface area (Å²) in [6.45, 7) is 7.62. The van der Waals surface area contributed by atoms with E-state index in [4.69, 9.17) is 11.2 Å². The van der Waals surface area contributed by atoms with Crippen molar-refractivity contribution in [3.8, 4) is 12.3 Å². The molecule has 1 aliphatic heterocycles. The lowest BCUT2D eigenvalue weighted by atomic mass is 9.97. The van der Waals surface area contributed by atoms with E-state index in [1.807, 2.05) is 27.7 Å². The van der Waals surface area contributed by atoms with E-state index >= 15 is 0 Å². The minimum atomic E-state index is -0.465. The lowest BCUT2D eigenvalue weighted by Gasteiger charge is -2.38. The zero-order valence-electron chi connectivity index (χ0n) is 10.6. The Morgan fingerprint density at radius 2 is 2.06 bits per heavy atom. The number of ether oxygens (including phenoxy) is 1. The topological polar surface area (TPSA) is 29.5 Å². The Bertz CT molecular complexity index is 298. The first-order valence-corrected chi connectivity index (χ1v) is 5.82. The van der Waals surface area contributed by atoms with Gasteiger partial charge in [0, 0.05) is 6.04 Å². The molecular weight excluding hydrogens is 202 g/mol. The highest BCUT2D eigenvalue weighted by atomic mass is 16.6.